The molecule has 1 aromatic heterocycles. The van der Waals surface area contributed by atoms with E-state index in [4.69, 9.17) is 9.97 Å². The van der Waals surface area contributed by atoms with Gasteiger partial charge in [0.15, 0.2) is 0 Å². The highest BCUT2D eigenvalue weighted by Gasteiger charge is 2.37. The Labute approximate surface area is 133 Å². The van der Waals surface area contributed by atoms with Crippen LogP contribution in [0.1, 0.15) is 49.2 Å². The summed E-state index contributed by atoms with van der Waals surface area (Å²) in [6.07, 6.45) is 8.91. The van der Waals surface area contributed by atoms with Crippen LogP contribution in [0.4, 0.5) is 5.82 Å². The molecule has 2 aliphatic heterocycles. The van der Waals surface area contributed by atoms with Crippen molar-refractivity contribution in [1.82, 2.24) is 14.9 Å². The van der Waals surface area contributed by atoms with Crippen LogP contribution in [0.3, 0.4) is 0 Å². The van der Waals surface area contributed by atoms with Gasteiger partial charge in [-0.3, -0.25) is 0 Å². The maximum Gasteiger partial charge on any atom is 0.136 e. The van der Waals surface area contributed by atoms with Gasteiger partial charge >= 0.3 is 0 Å². The zero-order valence-electron chi connectivity index (χ0n) is 14.0. The van der Waals surface area contributed by atoms with E-state index in [2.05, 4.69) is 23.8 Å². The predicted octanol–water partition coefficient (Wildman–Crippen LogP) is 2.58. The van der Waals surface area contributed by atoms with E-state index in [1.54, 1.807) is 0 Å². The Bertz CT molecular complexity index is 556. The normalized spacial score (nSPS) is 29.1. The fraction of sp³-hybridized carbons (Fsp3) is 0.778. The summed E-state index contributed by atoms with van der Waals surface area (Å²) in [6.45, 7) is 5.74. The van der Waals surface area contributed by atoms with Crippen molar-refractivity contribution in [2.45, 2.75) is 57.9 Å². The third-order valence-electron chi connectivity index (χ3n) is 5.82. The fourth-order valence-corrected chi connectivity index (χ4v) is 4.78. The Morgan fingerprint density at radius 1 is 1.00 bits per heavy atom. The standard InChI is InChI=1S/C18H28N4/c1-13-19-16-8-4-3-7-15(16)18(20-13)22-10-5-6-14-12-21(2)11-9-17(14)22/h14,17H,3-12H2,1-2H3. The molecule has 2 unspecified atom stereocenters. The number of rotatable bonds is 1. The highest BCUT2D eigenvalue weighted by Crippen LogP contribution is 2.36. The number of aryl methyl sites for hydroxylation is 2. The van der Waals surface area contributed by atoms with Gasteiger partial charge in [0.1, 0.15) is 11.6 Å². The lowest BCUT2D eigenvalue weighted by atomic mass is 9.83. The fourth-order valence-electron chi connectivity index (χ4n) is 4.78. The number of nitrogens with zero attached hydrogens (tertiary/aromatic N) is 4. The molecule has 0 aromatic carbocycles. The second-order valence-electron chi connectivity index (χ2n) is 7.44. The van der Waals surface area contributed by atoms with Gasteiger partial charge in [0.25, 0.3) is 0 Å². The Balaban J connectivity index is 1.70. The van der Waals surface area contributed by atoms with Gasteiger partial charge in [-0.2, -0.15) is 0 Å². The van der Waals surface area contributed by atoms with Crippen LogP contribution in [0, 0.1) is 12.8 Å². The van der Waals surface area contributed by atoms with Gasteiger partial charge < -0.3 is 9.80 Å². The minimum absolute atomic E-state index is 0.699. The van der Waals surface area contributed by atoms with E-state index >= 15 is 0 Å². The smallest absolute Gasteiger partial charge is 0.136 e. The summed E-state index contributed by atoms with van der Waals surface area (Å²) in [4.78, 5) is 14.8. The molecule has 0 spiro atoms. The van der Waals surface area contributed by atoms with Crippen LogP contribution < -0.4 is 4.90 Å². The Morgan fingerprint density at radius 2 is 1.86 bits per heavy atom. The first-order chi connectivity index (χ1) is 10.7. The first-order valence-electron chi connectivity index (χ1n) is 9.04. The van der Waals surface area contributed by atoms with Gasteiger partial charge in [0, 0.05) is 30.4 Å². The molecule has 2 atom stereocenters. The SMILES string of the molecule is Cc1nc2c(c(N3CCCC4CN(C)CCC43)n1)CCCC2. The van der Waals surface area contributed by atoms with Gasteiger partial charge in [-0.05, 0) is 71.4 Å². The molecule has 0 N–H and O–H groups in total. The molecule has 1 aromatic rings. The first kappa shape index (κ1) is 14.4. The number of hydrogen-bond acceptors (Lipinski definition) is 4. The number of likely N-dealkylation sites (tertiary alicyclic amines) is 1. The van der Waals surface area contributed by atoms with E-state index in [1.165, 1.54) is 75.2 Å². The highest BCUT2D eigenvalue weighted by molar-refractivity contribution is 5.52. The number of aromatic nitrogens is 2. The molecule has 0 radical (unpaired) electrons. The van der Waals surface area contributed by atoms with Crippen LogP contribution >= 0.6 is 0 Å². The molecular formula is C18H28N4. The van der Waals surface area contributed by atoms with Crippen molar-refractivity contribution in [2.75, 3.05) is 31.6 Å². The highest BCUT2D eigenvalue weighted by atomic mass is 15.3. The van der Waals surface area contributed by atoms with E-state index in [-0.39, 0.29) is 0 Å². The molecule has 0 bridgehead atoms. The number of piperidine rings is 2. The van der Waals surface area contributed by atoms with Crippen molar-refractivity contribution in [1.29, 1.82) is 0 Å². The summed E-state index contributed by atoms with van der Waals surface area (Å²) >= 11 is 0. The van der Waals surface area contributed by atoms with Gasteiger partial charge in [-0.25, -0.2) is 9.97 Å². The number of fused-ring (bicyclic) bond motifs is 2. The van der Waals surface area contributed by atoms with Gasteiger partial charge in [0.2, 0.25) is 0 Å². The summed E-state index contributed by atoms with van der Waals surface area (Å²) in [5.74, 6) is 3.08. The lowest BCUT2D eigenvalue weighted by molar-refractivity contribution is 0.154. The van der Waals surface area contributed by atoms with Crippen molar-refractivity contribution in [2.24, 2.45) is 5.92 Å². The van der Waals surface area contributed by atoms with Crippen LogP contribution in [0.2, 0.25) is 0 Å². The van der Waals surface area contributed by atoms with E-state index in [1.807, 2.05) is 0 Å². The molecule has 2 fully saturated rings. The van der Waals surface area contributed by atoms with Crippen molar-refractivity contribution in [3.05, 3.63) is 17.1 Å². The maximum atomic E-state index is 4.92. The molecular weight excluding hydrogens is 272 g/mol. The van der Waals surface area contributed by atoms with Crippen LogP contribution in [-0.2, 0) is 12.8 Å². The molecule has 3 heterocycles. The third-order valence-corrected chi connectivity index (χ3v) is 5.82. The Morgan fingerprint density at radius 3 is 2.77 bits per heavy atom. The maximum absolute atomic E-state index is 4.92. The van der Waals surface area contributed by atoms with E-state index in [0.29, 0.717) is 6.04 Å². The molecule has 0 saturated carbocycles. The molecule has 4 rings (SSSR count). The van der Waals surface area contributed by atoms with E-state index in [9.17, 15) is 0 Å². The first-order valence-corrected chi connectivity index (χ1v) is 9.04. The van der Waals surface area contributed by atoms with E-state index < -0.39 is 0 Å². The Hall–Kier alpha value is -1.16. The largest absolute Gasteiger partial charge is 0.353 e. The number of hydrogen-bond donors (Lipinski definition) is 0. The quantitative estimate of drug-likeness (QED) is 0.798. The zero-order chi connectivity index (χ0) is 15.1. The van der Waals surface area contributed by atoms with Crippen molar-refractivity contribution >= 4 is 5.82 Å². The second-order valence-corrected chi connectivity index (χ2v) is 7.44. The minimum atomic E-state index is 0.699. The molecule has 22 heavy (non-hydrogen) atoms. The lowest BCUT2D eigenvalue weighted by Gasteiger charge is -2.47. The topological polar surface area (TPSA) is 32.3 Å². The molecule has 4 heteroatoms. The molecule has 3 aliphatic rings. The second kappa shape index (κ2) is 5.80. The van der Waals surface area contributed by atoms with Gasteiger partial charge in [-0.1, -0.05) is 0 Å². The van der Waals surface area contributed by atoms with Crippen molar-refractivity contribution < 1.29 is 0 Å². The van der Waals surface area contributed by atoms with Crippen LogP contribution in [-0.4, -0.2) is 47.6 Å². The molecule has 0 amide bonds. The van der Waals surface area contributed by atoms with Crippen molar-refractivity contribution in [3.8, 4) is 0 Å². The van der Waals surface area contributed by atoms with E-state index in [0.717, 1.165) is 18.2 Å². The van der Waals surface area contributed by atoms with Crippen LogP contribution in [0.15, 0.2) is 0 Å². The van der Waals surface area contributed by atoms with Crippen LogP contribution in [0.5, 0.6) is 0 Å². The monoisotopic (exact) mass is 300 g/mol. The summed E-state index contributed by atoms with van der Waals surface area (Å²) < 4.78 is 0. The average molecular weight is 300 g/mol. The summed E-state index contributed by atoms with van der Waals surface area (Å²) in [6, 6.07) is 0.699. The number of anilines is 1. The average Bonchev–Trinajstić information content (AvgIpc) is 2.53. The molecule has 2 saturated heterocycles. The lowest BCUT2D eigenvalue weighted by Crippen LogP contribution is -2.54. The molecule has 1 aliphatic carbocycles. The molecule has 4 nitrogen and oxygen atoms in total. The van der Waals surface area contributed by atoms with Crippen LogP contribution in [0.25, 0.3) is 0 Å². The zero-order valence-corrected chi connectivity index (χ0v) is 14.0. The summed E-state index contributed by atoms with van der Waals surface area (Å²) in [5, 5.41) is 0. The Kier molecular flexibility index (Phi) is 3.81. The van der Waals surface area contributed by atoms with Gasteiger partial charge in [-0.15, -0.1) is 0 Å². The predicted molar refractivity (Wildman–Crippen MR) is 89.4 cm³/mol. The summed E-state index contributed by atoms with van der Waals surface area (Å²) in [5.41, 5.74) is 2.81. The summed E-state index contributed by atoms with van der Waals surface area (Å²) in [7, 11) is 2.27. The minimum Gasteiger partial charge on any atom is -0.353 e. The molecule has 120 valence electrons. The van der Waals surface area contributed by atoms with Gasteiger partial charge in [0.05, 0.1) is 0 Å². The van der Waals surface area contributed by atoms with Crippen molar-refractivity contribution in [3.63, 3.8) is 0 Å². The third kappa shape index (κ3) is 2.51.